The van der Waals surface area contributed by atoms with E-state index in [1.165, 1.54) is 30.5 Å². The fourth-order valence-electron chi connectivity index (χ4n) is 2.86. The number of nitrogens with zero attached hydrogens (tertiary/aromatic N) is 1. The number of carbonyl (C=O) groups is 2. The number of benzene rings is 2. The minimum absolute atomic E-state index is 0.0580. The van der Waals surface area contributed by atoms with Gasteiger partial charge in [-0.3, -0.25) is 14.6 Å². The summed E-state index contributed by atoms with van der Waals surface area (Å²) in [6.45, 7) is 3.64. The fraction of sp³-hybridized carbons (Fsp3) is 0.160. The Labute approximate surface area is 186 Å². The van der Waals surface area contributed by atoms with Crippen LogP contribution in [0.15, 0.2) is 73.1 Å². The van der Waals surface area contributed by atoms with Crippen molar-refractivity contribution in [3.8, 4) is 11.5 Å². The number of carbonyl (C=O) groups excluding carboxylic acids is 2. The Morgan fingerprint density at radius 1 is 1.16 bits per heavy atom. The molecule has 0 fully saturated rings. The van der Waals surface area contributed by atoms with E-state index in [4.69, 9.17) is 4.74 Å². The van der Waals surface area contributed by atoms with E-state index in [2.05, 4.69) is 15.6 Å². The molecule has 2 amide bonds. The first-order valence-corrected chi connectivity index (χ1v) is 10.2. The van der Waals surface area contributed by atoms with Crippen LogP contribution in [0, 0.1) is 5.82 Å². The molecule has 1 heterocycles. The average Bonchev–Trinajstić information content (AvgIpc) is 2.80. The Morgan fingerprint density at radius 3 is 2.59 bits per heavy atom. The molecular weight excluding hydrogens is 409 g/mol. The number of anilines is 1. The van der Waals surface area contributed by atoms with Crippen LogP contribution >= 0.6 is 0 Å². The number of ether oxygens (including phenoxy) is 1. The minimum Gasteiger partial charge on any atom is -0.453 e. The third kappa shape index (κ3) is 6.50. The predicted molar refractivity (Wildman–Crippen MR) is 122 cm³/mol. The fourth-order valence-corrected chi connectivity index (χ4v) is 2.86. The van der Waals surface area contributed by atoms with E-state index < -0.39 is 5.82 Å². The van der Waals surface area contributed by atoms with Gasteiger partial charge >= 0.3 is 0 Å². The van der Waals surface area contributed by atoms with Gasteiger partial charge in [0, 0.05) is 24.4 Å². The highest BCUT2D eigenvalue weighted by Crippen LogP contribution is 2.25. The molecule has 0 aliphatic carbocycles. The van der Waals surface area contributed by atoms with Crippen molar-refractivity contribution in [2.24, 2.45) is 0 Å². The van der Waals surface area contributed by atoms with Crippen molar-refractivity contribution < 1.29 is 18.7 Å². The van der Waals surface area contributed by atoms with Gasteiger partial charge in [-0.25, -0.2) is 4.39 Å². The van der Waals surface area contributed by atoms with Gasteiger partial charge in [0.25, 0.3) is 0 Å². The van der Waals surface area contributed by atoms with Gasteiger partial charge in [-0.1, -0.05) is 25.1 Å². The standard InChI is InChI=1S/C25H24FN3O3/c1-3-24(30)29-20-10-8-19(9-11-20)17(2)28-25(31)13-7-18-6-12-23(22(26)15-18)32-21-5-4-14-27-16-21/h4-17H,3H2,1-2H3,(H,28,31)(H,29,30)/b13-7+. The van der Waals surface area contributed by atoms with Gasteiger partial charge in [0.1, 0.15) is 5.75 Å². The molecule has 6 nitrogen and oxygen atoms in total. The summed E-state index contributed by atoms with van der Waals surface area (Å²) in [5, 5.41) is 5.64. The van der Waals surface area contributed by atoms with E-state index in [-0.39, 0.29) is 23.6 Å². The highest BCUT2D eigenvalue weighted by Gasteiger charge is 2.09. The number of halogens is 1. The van der Waals surface area contributed by atoms with Crippen LogP contribution in [-0.4, -0.2) is 16.8 Å². The number of hydrogen-bond donors (Lipinski definition) is 2. The Bertz CT molecular complexity index is 1100. The second-order valence-corrected chi connectivity index (χ2v) is 7.07. The van der Waals surface area contributed by atoms with Crippen LogP contribution in [0.25, 0.3) is 6.08 Å². The number of rotatable bonds is 8. The molecule has 0 aliphatic rings. The van der Waals surface area contributed by atoms with Crippen LogP contribution in [0.5, 0.6) is 11.5 Å². The lowest BCUT2D eigenvalue weighted by atomic mass is 10.1. The number of aromatic nitrogens is 1. The zero-order chi connectivity index (χ0) is 22.9. The summed E-state index contributed by atoms with van der Waals surface area (Å²) in [4.78, 5) is 27.6. The number of amides is 2. The van der Waals surface area contributed by atoms with Crippen molar-refractivity contribution in [1.82, 2.24) is 10.3 Å². The number of hydrogen-bond acceptors (Lipinski definition) is 4. The lowest BCUT2D eigenvalue weighted by Crippen LogP contribution is -2.24. The molecule has 1 unspecified atom stereocenters. The monoisotopic (exact) mass is 433 g/mol. The van der Waals surface area contributed by atoms with Crippen LogP contribution in [0.2, 0.25) is 0 Å². The highest BCUT2D eigenvalue weighted by atomic mass is 19.1. The maximum absolute atomic E-state index is 14.3. The summed E-state index contributed by atoms with van der Waals surface area (Å²) in [7, 11) is 0. The summed E-state index contributed by atoms with van der Waals surface area (Å²) < 4.78 is 19.8. The first-order valence-electron chi connectivity index (χ1n) is 10.2. The highest BCUT2D eigenvalue weighted by molar-refractivity contribution is 5.92. The number of pyridine rings is 1. The second kappa shape index (κ2) is 10.9. The predicted octanol–water partition coefficient (Wildman–Crippen LogP) is 5.25. The second-order valence-electron chi connectivity index (χ2n) is 7.07. The molecule has 1 aromatic heterocycles. The summed E-state index contributed by atoms with van der Waals surface area (Å²) in [5.41, 5.74) is 2.13. The molecule has 2 N–H and O–H groups in total. The van der Waals surface area contributed by atoms with Crippen molar-refractivity contribution in [2.75, 3.05) is 5.32 Å². The SMILES string of the molecule is CCC(=O)Nc1ccc(C(C)NC(=O)/C=C/c2ccc(Oc3cccnc3)c(F)c2)cc1. The first-order chi connectivity index (χ1) is 15.4. The third-order valence-corrected chi connectivity index (χ3v) is 4.62. The van der Waals surface area contributed by atoms with E-state index >= 15 is 0 Å². The average molecular weight is 433 g/mol. The molecule has 0 aliphatic heterocycles. The van der Waals surface area contributed by atoms with Gasteiger partial charge < -0.3 is 15.4 Å². The quantitative estimate of drug-likeness (QED) is 0.476. The maximum Gasteiger partial charge on any atom is 0.244 e. The minimum atomic E-state index is -0.542. The molecule has 2 aromatic carbocycles. The largest absolute Gasteiger partial charge is 0.453 e. The molecule has 0 saturated carbocycles. The van der Waals surface area contributed by atoms with Crippen molar-refractivity contribution in [3.63, 3.8) is 0 Å². The molecule has 0 spiro atoms. The lowest BCUT2D eigenvalue weighted by molar-refractivity contribution is -0.117. The summed E-state index contributed by atoms with van der Waals surface area (Å²) in [6, 6.07) is 14.9. The Morgan fingerprint density at radius 2 is 1.94 bits per heavy atom. The molecule has 0 bridgehead atoms. The summed E-state index contributed by atoms with van der Waals surface area (Å²) in [6.07, 6.45) is 6.38. The van der Waals surface area contributed by atoms with Crippen molar-refractivity contribution in [2.45, 2.75) is 26.3 Å². The van der Waals surface area contributed by atoms with Gasteiger partial charge in [-0.05, 0) is 60.5 Å². The molecule has 32 heavy (non-hydrogen) atoms. The van der Waals surface area contributed by atoms with Crippen molar-refractivity contribution >= 4 is 23.6 Å². The van der Waals surface area contributed by atoms with Gasteiger partial charge in [0.2, 0.25) is 11.8 Å². The first kappa shape index (κ1) is 22.7. The summed E-state index contributed by atoms with van der Waals surface area (Å²) >= 11 is 0. The number of nitrogens with one attached hydrogen (secondary N) is 2. The Hall–Kier alpha value is -4.00. The smallest absolute Gasteiger partial charge is 0.244 e. The van der Waals surface area contributed by atoms with E-state index in [0.717, 1.165) is 5.56 Å². The van der Waals surface area contributed by atoms with Crippen molar-refractivity contribution in [1.29, 1.82) is 0 Å². The molecule has 164 valence electrons. The van der Waals surface area contributed by atoms with Crippen LogP contribution in [0.1, 0.15) is 37.4 Å². The molecule has 0 radical (unpaired) electrons. The van der Waals surface area contributed by atoms with Crippen LogP contribution in [-0.2, 0) is 9.59 Å². The van der Waals surface area contributed by atoms with Crippen LogP contribution in [0.3, 0.4) is 0 Å². The van der Waals surface area contributed by atoms with E-state index in [1.807, 2.05) is 19.1 Å². The molecule has 3 aromatic rings. The maximum atomic E-state index is 14.3. The van der Waals surface area contributed by atoms with Crippen LogP contribution < -0.4 is 15.4 Å². The summed E-state index contributed by atoms with van der Waals surface area (Å²) in [5.74, 6) is -0.398. The Kier molecular flexibility index (Phi) is 7.70. The van der Waals surface area contributed by atoms with Crippen LogP contribution in [0.4, 0.5) is 10.1 Å². The van der Waals surface area contributed by atoms with E-state index in [1.54, 1.807) is 43.5 Å². The molecule has 7 heteroatoms. The molecular formula is C25H24FN3O3. The normalized spacial score (nSPS) is 11.7. The lowest BCUT2D eigenvalue weighted by Gasteiger charge is -2.14. The van der Waals surface area contributed by atoms with Gasteiger partial charge in [0.15, 0.2) is 11.6 Å². The third-order valence-electron chi connectivity index (χ3n) is 4.62. The van der Waals surface area contributed by atoms with E-state index in [9.17, 15) is 14.0 Å². The molecule has 1 atom stereocenters. The van der Waals surface area contributed by atoms with E-state index in [0.29, 0.717) is 23.4 Å². The van der Waals surface area contributed by atoms with Gasteiger partial charge in [-0.2, -0.15) is 0 Å². The zero-order valence-electron chi connectivity index (χ0n) is 17.8. The topological polar surface area (TPSA) is 80.3 Å². The molecule has 0 saturated heterocycles. The van der Waals surface area contributed by atoms with Gasteiger partial charge in [0.05, 0.1) is 12.2 Å². The van der Waals surface area contributed by atoms with Gasteiger partial charge in [-0.15, -0.1) is 0 Å². The Balaban J connectivity index is 1.56. The molecule has 3 rings (SSSR count). The van der Waals surface area contributed by atoms with Crippen molar-refractivity contribution in [3.05, 3.63) is 90.0 Å². The zero-order valence-corrected chi connectivity index (χ0v) is 17.8.